The third-order valence-electron chi connectivity index (χ3n) is 4.77. The van der Waals surface area contributed by atoms with E-state index in [1.165, 1.54) is 0 Å². The van der Waals surface area contributed by atoms with Crippen LogP contribution in [0.5, 0.6) is 0 Å². The highest BCUT2D eigenvalue weighted by atomic mass is 16.2. The minimum atomic E-state index is 0.125. The Morgan fingerprint density at radius 2 is 2.08 bits per heavy atom. The number of hydrogen-bond acceptors (Lipinski definition) is 2. The highest BCUT2D eigenvalue weighted by Gasteiger charge is 2.27. The number of nitrogens with one attached hydrogen (secondary N) is 1. The number of H-pyrrole nitrogens is 1. The van der Waals surface area contributed by atoms with Crippen LogP contribution in [0.4, 0.5) is 0 Å². The molecule has 0 radical (unpaired) electrons. The van der Waals surface area contributed by atoms with Crippen LogP contribution in [-0.4, -0.2) is 33.9 Å². The van der Waals surface area contributed by atoms with Gasteiger partial charge in [-0.25, -0.2) is 4.98 Å². The molecule has 0 unspecified atom stereocenters. The van der Waals surface area contributed by atoms with E-state index >= 15 is 0 Å². The highest BCUT2D eigenvalue weighted by molar-refractivity contribution is 5.94. The van der Waals surface area contributed by atoms with Gasteiger partial charge in [-0.1, -0.05) is 29.8 Å². The second kappa shape index (κ2) is 6.11. The van der Waals surface area contributed by atoms with Crippen molar-refractivity contribution < 1.29 is 4.79 Å². The van der Waals surface area contributed by atoms with Crippen LogP contribution in [0.2, 0.25) is 0 Å². The molecule has 1 saturated heterocycles. The fourth-order valence-corrected chi connectivity index (χ4v) is 3.51. The standard InChI is InChI=1S/C20H21N3O/c1-14-6-4-7-15(12-14)20(24)23-11-5-8-16(13-23)19-21-17-9-2-3-10-18(17)22-19/h2-4,6-7,9-10,12,16H,5,8,11,13H2,1H3,(H,21,22)/t16-/m0/s1. The monoisotopic (exact) mass is 319 g/mol. The molecule has 122 valence electrons. The molecular weight excluding hydrogens is 298 g/mol. The molecule has 1 aromatic heterocycles. The van der Waals surface area contributed by atoms with E-state index in [0.717, 1.165) is 53.9 Å². The number of carbonyl (C=O) groups is 1. The molecule has 0 saturated carbocycles. The summed E-state index contributed by atoms with van der Waals surface area (Å²) in [4.78, 5) is 22.9. The Morgan fingerprint density at radius 3 is 2.92 bits per heavy atom. The zero-order valence-electron chi connectivity index (χ0n) is 13.8. The van der Waals surface area contributed by atoms with Crippen LogP contribution in [0.25, 0.3) is 11.0 Å². The minimum Gasteiger partial charge on any atom is -0.342 e. The Morgan fingerprint density at radius 1 is 1.21 bits per heavy atom. The number of piperidine rings is 1. The van der Waals surface area contributed by atoms with Crippen molar-refractivity contribution in [2.45, 2.75) is 25.7 Å². The molecule has 4 heteroatoms. The fourth-order valence-electron chi connectivity index (χ4n) is 3.51. The predicted molar refractivity (Wildman–Crippen MR) is 95.2 cm³/mol. The lowest BCUT2D eigenvalue weighted by Crippen LogP contribution is -2.39. The molecule has 0 bridgehead atoms. The van der Waals surface area contributed by atoms with Gasteiger partial charge >= 0.3 is 0 Å². The number of aromatic amines is 1. The van der Waals surface area contributed by atoms with E-state index in [0.29, 0.717) is 0 Å². The van der Waals surface area contributed by atoms with Gasteiger partial charge in [-0.15, -0.1) is 0 Å². The Kier molecular flexibility index (Phi) is 3.81. The zero-order valence-corrected chi connectivity index (χ0v) is 13.8. The van der Waals surface area contributed by atoms with Crippen molar-refractivity contribution in [3.05, 3.63) is 65.5 Å². The number of fused-ring (bicyclic) bond motifs is 1. The molecular formula is C20H21N3O. The molecule has 3 aromatic rings. The van der Waals surface area contributed by atoms with Crippen LogP contribution in [0, 0.1) is 6.92 Å². The molecule has 1 fully saturated rings. The number of carbonyl (C=O) groups excluding carboxylic acids is 1. The van der Waals surface area contributed by atoms with E-state index in [9.17, 15) is 4.79 Å². The number of hydrogen-bond donors (Lipinski definition) is 1. The van der Waals surface area contributed by atoms with Crippen LogP contribution in [0.15, 0.2) is 48.5 Å². The normalized spacial score (nSPS) is 18.0. The first kappa shape index (κ1) is 14.9. The van der Waals surface area contributed by atoms with E-state index in [4.69, 9.17) is 4.98 Å². The summed E-state index contributed by atoms with van der Waals surface area (Å²) < 4.78 is 0. The maximum Gasteiger partial charge on any atom is 0.253 e. The van der Waals surface area contributed by atoms with Crippen molar-refractivity contribution in [1.29, 1.82) is 0 Å². The molecule has 1 N–H and O–H groups in total. The molecule has 1 atom stereocenters. The van der Waals surface area contributed by atoms with Gasteiger partial charge in [-0.2, -0.15) is 0 Å². The number of likely N-dealkylation sites (tertiary alicyclic amines) is 1. The number of rotatable bonds is 2. The van der Waals surface area contributed by atoms with E-state index in [1.807, 2.05) is 60.4 Å². The van der Waals surface area contributed by atoms with E-state index in [2.05, 4.69) is 4.98 Å². The summed E-state index contributed by atoms with van der Waals surface area (Å²) in [7, 11) is 0. The summed E-state index contributed by atoms with van der Waals surface area (Å²) in [6, 6.07) is 15.9. The smallest absolute Gasteiger partial charge is 0.253 e. The first-order valence-corrected chi connectivity index (χ1v) is 8.51. The van der Waals surface area contributed by atoms with Crippen molar-refractivity contribution in [2.24, 2.45) is 0 Å². The number of benzene rings is 2. The van der Waals surface area contributed by atoms with Crippen molar-refractivity contribution in [1.82, 2.24) is 14.9 Å². The summed E-state index contributed by atoms with van der Waals surface area (Å²) in [5.41, 5.74) is 3.95. The number of para-hydroxylation sites is 2. The molecule has 2 heterocycles. The van der Waals surface area contributed by atoms with Crippen molar-refractivity contribution >= 4 is 16.9 Å². The highest BCUT2D eigenvalue weighted by Crippen LogP contribution is 2.27. The molecule has 24 heavy (non-hydrogen) atoms. The van der Waals surface area contributed by atoms with Crippen molar-refractivity contribution in [3.8, 4) is 0 Å². The molecule has 1 amide bonds. The Hall–Kier alpha value is -2.62. The average molecular weight is 319 g/mol. The van der Waals surface area contributed by atoms with Gasteiger partial charge in [0.15, 0.2) is 0 Å². The lowest BCUT2D eigenvalue weighted by molar-refractivity contribution is 0.0705. The quantitative estimate of drug-likeness (QED) is 0.779. The van der Waals surface area contributed by atoms with Gasteiger partial charge in [0.2, 0.25) is 0 Å². The van der Waals surface area contributed by atoms with Crippen LogP contribution in [-0.2, 0) is 0 Å². The number of nitrogens with zero attached hydrogens (tertiary/aromatic N) is 2. The van der Waals surface area contributed by atoms with E-state index in [-0.39, 0.29) is 11.8 Å². The van der Waals surface area contributed by atoms with Gasteiger partial charge in [0.1, 0.15) is 5.82 Å². The summed E-state index contributed by atoms with van der Waals surface area (Å²) in [5, 5.41) is 0. The molecule has 4 nitrogen and oxygen atoms in total. The van der Waals surface area contributed by atoms with Gasteiger partial charge in [0.05, 0.1) is 11.0 Å². The lowest BCUT2D eigenvalue weighted by Gasteiger charge is -2.32. The Bertz CT molecular complexity index is 850. The van der Waals surface area contributed by atoms with Gasteiger partial charge in [-0.05, 0) is 44.0 Å². The fraction of sp³-hybridized carbons (Fsp3) is 0.300. The second-order valence-electron chi connectivity index (χ2n) is 6.60. The van der Waals surface area contributed by atoms with Crippen LogP contribution < -0.4 is 0 Å². The van der Waals surface area contributed by atoms with Gasteiger partial charge in [-0.3, -0.25) is 4.79 Å². The zero-order chi connectivity index (χ0) is 16.5. The largest absolute Gasteiger partial charge is 0.342 e. The van der Waals surface area contributed by atoms with Gasteiger partial charge in [0.25, 0.3) is 5.91 Å². The van der Waals surface area contributed by atoms with Crippen LogP contribution >= 0.6 is 0 Å². The minimum absolute atomic E-state index is 0.125. The lowest BCUT2D eigenvalue weighted by atomic mass is 9.96. The molecule has 1 aliphatic heterocycles. The molecule has 4 rings (SSSR count). The third kappa shape index (κ3) is 2.80. The number of imidazole rings is 1. The molecule has 2 aromatic carbocycles. The van der Waals surface area contributed by atoms with E-state index < -0.39 is 0 Å². The summed E-state index contributed by atoms with van der Waals surface area (Å²) in [6.07, 6.45) is 2.08. The topological polar surface area (TPSA) is 49.0 Å². The third-order valence-corrected chi connectivity index (χ3v) is 4.77. The van der Waals surface area contributed by atoms with Gasteiger partial charge in [0, 0.05) is 24.6 Å². The second-order valence-corrected chi connectivity index (χ2v) is 6.60. The summed E-state index contributed by atoms with van der Waals surface area (Å²) in [6.45, 7) is 3.57. The average Bonchev–Trinajstić information content (AvgIpc) is 3.05. The van der Waals surface area contributed by atoms with Crippen LogP contribution in [0.1, 0.15) is 40.5 Å². The van der Waals surface area contributed by atoms with Crippen molar-refractivity contribution in [2.75, 3.05) is 13.1 Å². The summed E-state index contributed by atoms with van der Waals surface area (Å²) in [5.74, 6) is 1.40. The first-order valence-electron chi connectivity index (χ1n) is 8.51. The van der Waals surface area contributed by atoms with Crippen molar-refractivity contribution in [3.63, 3.8) is 0 Å². The first-order chi connectivity index (χ1) is 11.7. The Balaban J connectivity index is 1.56. The number of aromatic nitrogens is 2. The molecule has 0 aliphatic carbocycles. The SMILES string of the molecule is Cc1cccc(C(=O)N2CCC[C@H](c3nc4ccccc4[nH]3)C2)c1. The molecule has 0 spiro atoms. The predicted octanol–water partition coefficient (Wildman–Crippen LogP) is 3.89. The van der Waals surface area contributed by atoms with E-state index in [1.54, 1.807) is 0 Å². The molecule has 1 aliphatic rings. The van der Waals surface area contributed by atoms with Crippen LogP contribution in [0.3, 0.4) is 0 Å². The van der Waals surface area contributed by atoms with Gasteiger partial charge < -0.3 is 9.88 Å². The number of amides is 1. The Labute approximate surface area is 141 Å². The summed E-state index contributed by atoms with van der Waals surface area (Å²) >= 11 is 0. The number of aryl methyl sites for hydroxylation is 1. The maximum absolute atomic E-state index is 12.8. The maximum atomic E-state index is 12.8.